The molecule has 0 bridgehead atoms. The molecule has 0 spiro atoms. The summed E-state index contributed by atoms with van der Waals surface area (Å²) in [5, 5.41) is 0. The van der Waals surface area contributed by atoms with E-state index in [9.17, 15) is 14.4 Å². The second-order valence-electron chi connectivity index (χ2n) is 21.3. The molecule has 0 aliphatic heterocycles. The number of carbonyl (C=O) groups excluding carboxylic acids is 3. The van der Waals surface area contributed by atoms with Gasteiger partial charge in [0.1, 0.15) is 13.2 Å². The summed E-state index contributed by atoms with van der Waals surface area (Å²) in [6.07, 6.45) is 93.5. The number of unbranched alkanes of at least 4 members (excludes halogenated alkanes) is 25. The second kappa shape index (κ2) is 66.1. The van der Waals surface area contributed by atoms with Crippen LogP contribution in [0.5, 0.6) is 0 Å². The zero-order chi connectivity index (χ0) is 57.1. The Labute approximate surface area is 487 Å². The van der Waals surface area contributed by atoms with Gasteiger partial charge in [0.25, 0.3) is 0 Å². The van der Waals surface area contributed by atoms with Crippen molar-refractivity contribution in [3.8, 4) is 0 Å². The normalized spacial score (nSPS) is 13.0. The van der Waals surface area contributed by atoms with Crippen molar-refractivity contribution < 1.29 is 28.6 Å². The van der Waals surface area contributed by atoms with Gasteiger partial charge >= 0.3 is 17.9 Å². The second-order valence-corrected chi connectivity index (χ2v) is 21.3. The van der Waals surface area contributed by atoms with Crippen molar-refractivity contribution in [2.45, 2.75) is 297 Å². The number of allylic oxidation sites excluding steroid dienone is 22. The number of carbonyl (C=O) groups is 3. The van der Waals surface area contributed by atoms with E-state index in [0.717, 1.165) is 116 Å². The van der Waals surface area contributed by atoms with Crippen LogP contribution in [-0.4, -0.2) is 37.2 Å². The van der Waals surface area contributed by atoms with Crippen LogP contribution in [0.2, 0.25) is 0 Å². The van der Waals surface area contributed by atoms with E-state index in [1.807, 2.05) is 6.08 Å². The molecule has 0 saturated heterocycles. The standard InChI is InChI=1S/C73H120O6/c1-4-7-10-13-16-19-22-25-27-28-29-30-31-32-33-34-35-36-37-38-39-40-41-42-43-44-46-48-51-54-57-60-63-66-72(75)78-69-70(68-77-71(74)65-62-59-56-53-50-47-24-21-18-15-12-9-6-3)79-73(76)67-64-61-58-55-52-49-45-26-23-20-17-14-11-8-5-2/h7,9-10,12,16,18-19,21,25-27,29-30,32-33,35-36,45,47,50,56,59,70H,4-6,8,11,13-15,17,20,22-24,28,31,34,37-44,46,48-49,51-55,57-58,60-69H2,1-3H3/b10-7-,12-9-,19-16-,21-18-,27-25-,30-29-,33-32-,36-35-,45-26-,50-47-,59-56-. The molecular formula is C73H120O6. The third kappa shape index (κ3) is 64.3. The lowest BCUT2D eigenvalue weighted by atomic mass is 10.0. The van der Waals surface area contributed by atoms with Crippen LogP contribution in [0.25, 0.3) is 0 Å². The monoisotopic (exact) mass is 1090 g/mol. The van der Waals surface area contributed by atoms with Crippen LogP contribution >= 0.6 is 0 Å². The van der Waals surface area contributed by atoms with Crippen molar-refractivity contribution in [2.75, 3.05) is 13.2 Å². The largest absolute Gasteiger partial charge is 0.462 e. The van der Waals surface area contributed by atoms with Crippen LogP contribution in [0.1, 0.15) is 290 Å². The quantitative estimate of drug-likeness (QED) is 0.0261. The van der Waals surface area contributed by atoms with Gasteiger partial charge in [0, 0.05) is 19.3 Å². The van der Waals surface area contributed by atoms with E-state index in [2.05, 4.69) is 148 Å². The van der Waals surface area contributed by atoms with Crippen LogP contribution in [0, 0.1) is 0 Å². The highest BCUT2D eigenvalue weighted by atomic mass is 16.6. The van der Waals surface area contributed by atoms with Crippen molar-refractivity contribution in [1.29, 1.82) is 0 Å². The molecule has 0 amide bonds. The van der Waals surface area contributed by atoms with Gasteiger partial charge in [0.15, 0.2) is 6.10 Å². The third-order valence-electron chi connectivity index (χ3n) is 13.6. The first-order chi connectivity index (χ1) is 39.0. The molecule has 0 N–H and O–H groups in total. The number of ether oxygens (including phenoxy) is 3. The Morgan fingerprint density at radius 1 is 0.266 bits per heavy atom. The van der Waals surface area contributed by atoms with Gasteiger partial charge in [-0.25, -0.2) is 0 Å². The summed E-state index contributed by atoms with van der Waals surface area (Å²) in [6, 6.07) is 0. The minimum atomic E-state index is -0.814. The van der Waals surface area contributed by atoms with Gasteiger partial charge in [-0.05, 0) is 122 Å². The molecule has 0 aromatic carbocycles. The summed E-state index contributed by atoms with van der Waals surface area (Å²) < 4.78 is 16.8. The van der Waals surface area contributed by atoms with Gasteiger partial charge in [-0.2, -0.15) is 0 Å². The molecule has 0 rings (SSSR count). The minimum absolute atomic E-state index is 0.105. The Balaban J connectivity index is 4.24. The Kier molecular flexibility index (Phi) is 62.3. The van der Waals surface area contributed by atoms with E-state index in [-0.39, 0.29) is 37.5 Å². The van der Waals surface area contributed by atoms with Crippen LogP contribution in [0.3, 0.4) is 0 Å². The number of esters is 3. The average molecular weight is 1090 g/mol. The highest BCUT2D eigenvalue weighted by molar-refractivity contribution is 5.71. The van der Waals surface area contributed by atoms with E-state index in [4.69, 9.17) is 14.2 Å². The predicted molar refractivity (Wildman–Crippen MR) is 343 cm³/mol. The van der Waals surface area contributed by atoms with E-state index in [1.165, 1.54) is 128 Å². The highest BCUT2D eigenvalue weighted by Gasteiger charge is 2.19. The topological polar surface area (TPSA) is 78.9 Å². The Morgan fingerprint density at radius 2 is 0.519 bits per heavy atom. The van der Waals surface area contributed by atoms with Crippen LogP contribution in [-0.2, 0) is 28.6 Å². The van der Waals surface area contributed by atoms with Crippen LogP contribution in [0.4, 0.5) is 0 Å². The summed E-state index contributed by atoms with van der Waals surface area (Å²) in [5.74, 6) is -0.996. The summed E-state index contributed by atoms with van der Waals surface area (Å²) in [5.41, 5.74) is 0. The Morgan fingerprint density at radius 3 is 0.861 bits per heavy atom. The van der Waals surface area contributed by atoms with E-state index in [1.54, 1.807) is 0 Å². The van der Waals surface area contributed by atoms with Crippen molar-refractivity contribution in [3.63, 3.8) is 0 Å². The first-order valence-electron chi connectivity index (χ1n) is 32.7. The number of rotatable bonds is 58. The molecule has 448 valence electrons. The smallest absolute Gasteiger partial charge is 0.306 e. The lowest BCUT2D eigenvalue weighted by Gasteiger charge is -2.18. The summed E-state index contributed by atoms with van der Waals surface area (Å²) >= 11 is 0. The van der Waals surface area contributed by atoms with Crippen molar-refractivity contribution in [2.24, 2.45) is 0 Å². The molecule has 79 heavy (non-hydrogen) atoms. The van der Waals surface area contributed by atoms with E-state index >= 15 is 0 Å². The molecule has 0 heterocycles. The number of hydrogen-bond acceptors (Lipinski definition) is 6. The molecular weight excluding hydrogens is 973 g/mol. The highest BCUT2D eigenvalue weighted by Crippen LogP contribution is 2.16. The van der Waals surface area contributed by atoms with Gasteiger partial charge in [0.2, 0.25) is 0 Å². The lowest BCUT2D eigenvalue weighted by molar-refractivity contribution is -0.166. The SMILES string of the molecule is CC/C=C\C/C=C\C/C=C\C/C=C\C/C=C\C/C=C\CCCCCCCCCCCCCCCCC(=O)OCC(COC(=O)CC/C=C\C/C=C\C/C=C\C/C=C\CC)OC(=O)CCCCCCC/C=C\CCCCCCCC. The van der Waals surface area contributed by atoms with Crippen molar-refractivity contribution in [1.82, 2.24) is 0 Å². The fourth-order valence-corrected chi connectivity index (χ4v) is 8.81. The van der Waals surface area contributed by atoms with Gasteiger partial charge in [-0.1, -0.05) is 283 Å². The van der Waals surface area contributed by atoms with Crippen LogP contribution < -0.4 is 0 Å². The summed E-state index contributed by atoms with van der Waals surface area (Å²) in [6.45, 7) is 6.34. The summed E-state index contributed by atoms with van der Waals surface area (Å²) in [4.78, 5) is 38.2. The molecule has 6 nitrogen and oxygen atoms in total. The molecule has 0 aromatic heterocycles. The van der Waals surface area contributed by atoms with Crippen LogP contribution in [0.15, 0.2) is 134 Å². The first kappa shape index (κ1) is 74.5. The fraction of sp³-hybridized carbons (Fsp3) is 0.658. The minimum Gasteiger partial charge on any atom is -0.462 e. The third-order valence-corrected chi connectivity index (χ3v) is 13.6. The molecule has 1 unspecified atom stereocenters. The molecule has 0 fully saturated rings. The van der Waals surface area contributed by atoms with Gasteiger partial charge in [0.05, 0.1) is 0 Å². The molecule has 0 aliphatic carbocycles. The predicted octanol–water partition coefficient (Wildman–Crippen LogP) is 22.5. The van der Waals surface area contributed by atoms with E-state index in [0.29, 0.717) is 19.3 Å². The molecule has 0 aliphatic rings. The summed E-state index contributed by atoms with van der Waals surface area (Å²) in [7, 11) is 0. The maximum absolute atomic E-state index is 12.9. The zero-order valence-electron chi connectivity index (χ0n) is 51.3. The first-order valence-corrected chi connectivity index (χ1v) is 32.7. The van der Waals surface area contributed by atoms with E-state index < -0.39 is 6.10 Å². The Hall–Kier alpha value is -4.45. The lowest BCUT2D eigenvalue weighted by Crippen LogP contribution is -2.30. The molecule has 0 aromatic rings. The average Bonchev–Trinajstić information content (AvgIpc) is 3.45. The molecule has 1 atom stereocenters. The van der Waals surface area contributed by atoms with Crippen molar-refractivity contribution in [3.05, 3.63) is 134 Å². The molecule has 0 radical (unpaired) electrons. The number of hydrogen-bond donors (Lipinski definition) is 0. The maximum atomic E-state index is 12.9. The molecule has 6 heteroatoms. The maximum Gasteiger partial charge on any atom is 0.306 e. The Bertz CT molecular complexity index is 1680. The van der Waals surface area contributed by atoms with Crippen molar-refractivity contribution >= 4 is 17.9 Å². The fourth-order valence-electron chi connectivity index (χ4n) is 8.81. The van der Waals surface area contributed by atoms with Gasteiger partial charge in [-0.3, -0.25) is 14.4 Å². The van der Waals surface area contributed by atoms with Gasteiger partial charge < -0.3 is 14.2 Å². The van der Waals surface area contributed by atoms with Gasteiger partial charge in [-0.15, -0.1) is 0 Å². The zero-order valence-corrected chi connectivity index (χ0v) is 51.3. The molecule has 0 saturated carbocycles.